The van der Waals surface area contributed by atoms with E-state index >= 15 is 0 Å². The summed E-state index contributed by atoms with van der Waals surface area (Å²) < 4.78 is 1.79. The van der Waals surface area contributed by atoms with Gasteiger partial charge >= 0.3 is 5.97 Å². The van der Waals surface area contributed by atoms with Crippen LogP contribution >= 0.6 is 11.3 Å². The van der Waals surface area contributed by atoms with Crippen LogP contribution < -0.4 is 4.90 Å². The van der Waals surface area contributed by atoms with Crippen LogP contribution in [0, 0.1) is 0 Å². The topological polar surface area (TPSA) is 104 Å². The molecule has 10 heteroatoms. The summed E-state index contributed by atoms with van der Waals surface area (Å²) in [6.07, 6.45) is 5.21. The zero-order valence-electron chi connectivity index (χ0n) is 14.9. The van der Waals surface area contributed by atoms with Crippen molar-refractivity contribution in [3.8, 4) is 0 Å². The van der Waals surface area contributed by atoms with Crippen molar-refractivity contribution in [2.45, 2.75) is 31.5 Å². The summed E-state index contributed by atoms with van der Waals surface area (Å²) in [4.78, 5) is 41.1. The molecule has 0 unspecified atom stereocenters. The van der Waals surface area contributed by atoms with Crippen molar-refractivity contribution in [2.24, 2.45) is 0 Å². The van der Waals surface area contributed by atoms with Gasteiger partial charge in [-0.2, -0.15) is 0 Å². The van der Waals surface area contributed by atoms with Gasteiger partial charge in [0.1, 0.15) is 17.1 Å². The fraction of sp³-hybridized carbons (Fsp3) is 0.389. The Morgan fingerprint density at radius 2 is 1.96 bits per heavy atom. The average Bonchev–Trinajstić information content (AvgIpc) is 3.39. The van der Waals surface area contributed by atoms with Gasteiger partial charge in [-0.15, -0.1) is 11.3 Å². The number of piperazine rings is 1. The highest BCUT2D eigenvalue weighted by atomic mass is 32.1. The van der Waals surface area contributed by atoms with E-state index in [0.717, 1.165) is 18.4 Å². The molecule has 0 saturated carbocycles. The summed E-state index contributed by atoms with van der Waals surface area (Å²) in [5.74, 6) is -0.957. The summed E-state index contributed by atoms with van der Waals surface area (Å²) >= 11 is 1.34. The predicted molar refractivity (Wildman–Crippen MR) is 102 cm³/mol. The van der Waals surface area contributed by atoms with E-state index in [1.165, 1.54) is 11.3 Å². The molecule has 3 aromatic rings. The molecule has 1 N–H and O–H groups in total. The van der Waals surface area contributed by atoms with Crippen LogP contribution in [0.25, 0.3) is 11.2 Å². The van der Waals surface area contributed by atoms with E-state index in [9.17, 15) is 14.7 Å². The third-order valence-corrected chi connectivity index (χ3v) is 6.37. The lowest BCUT2D eigenvalue weighted by Gasteiger charge is -2.41. The molecule has 3 aromatic heterocycles. The van der Waals surface area contributed by atoms with Crippen molar-refractivity contribution in [2.75, 3.05) is 18.0 Å². The summed E-state index contributed by atoms with van der Waals surface area (Å²) in [5.41, 5.74) is 3.14. The number of carboxylic acid groups (broad SMARTS) is 1. The lowest BCUT2D eigenvalue weighted by atomic mass is 10.2. The van der Waals surface area contributed by atoms with Crippen LogP contribution in [0.4, 0.5) is 5.00 Å². The van der Waals surface area contributed by atoms with E-state index in [1.807, 2.05) is 17.0 Å². The Kier molecular flexibility index (Phi) is 4.00. The third kappa shape index (κ3) is 2.71. The second-order valence-electron chi connectivity index (χ2n) is 7.12. The molecular formula is C18H18N6O3S. The van der Waals surface area contributed by atoms with Crippen LogP contribution in [-0.2, 0) is 11.3 Å². The van der Waals surface area contributed by atoms with Gasteiger partial charge in [0.2, 0.25) is 5.91 Å². The van der Waals surface area contributed by atoms with Crippen molar-refractivity contribution in [1.29, 1.82) is 0 Å². The first kappa shape index (κ1) is 17.1. The number of hydrogen-bond acceptors (Lipinski definition) is 7. The zero-order valence-corrected chi connectivity index (χ0v) is 15.7. The summed E-state index contributed by atoms with van der Waals surface area (Å²) in [7, 11) is 0. The minimum Gasteiger partial charge on any atom is -0.476 e. The lowest BCUT2D eigenvalue weighted by molar-refractivity contribution is -0.135. The number of fused-ring (bicyclic) bond motifs is 3. The molecule has 2 fully saturated rings. The van der Waals surface area contributed by atoms with Gasteiger partial charge in [0.25, 0.3) is 0 Å². The second kappa shape index (κ2) is 6.55. The summed E-state index contributed by atoms with van der Waals surface area (Å²) in [5, 5.41) is 10.0. The van der Waals surface area contributed by atoms with E-state index in [2.05, 4.69) is 19.9 Å². The Morgan fingerprint density at radius 3 is 2.71 bits per heavy atom. The Hall–Kier alpha value is -3.01. The number of hydrogen-bond donors (Lipinski definition) is 1. The van der Waals surface area contributed by atoms with Crippen LogP contribution in [0.3, 0.4) is 0 Å². The number of pyridine rings is 1. The smallest absolute Gasteiger partial charge is 0.357 e. The Morgan fingerprint density at radius 1 is 1.18 bits per heavy atom. The van der Waals surface area contributed by atoms with Crippen LogP contribution in [0.2, 0.25) is 0 Å². The van der Waals surface area contributed by atoms with E-state index in [4.69, 9.17) is 0 Å². The molecule has 2 atom stereocenters. The van der Waals surface area contributed by atoms with E-state index in [-0.39, 0.29) is 30.2 Å². The van der Waals surface area contributed by atoms with Crippen molar-refractivity contribution in [1.82, 2.24) is 24.4 Å². The normalized spacial score (nSPS) is 21.4. The number of nitrogens with zero attached hydrogens (tertiary/aromatic N) is 6. The maximum Gasteiger partial charge on any atom is 0.357 e. The van der Waals surface area contributed by atoms with Gasteiger partial charge in [0, 0.05) is 31.4 Å². The third-order valence-electron chi connectivity index (χ3n) is 5.49. The van der Waals surface area contributed by atoms with Gasteiger partial charge in [-0.25, -0.2) is 19.7 Å². The molecule has 1 amide bonds. The van der Waals surface area contributed by atoms with Gasteiger partial charge in [0.15, 0.2) is 11.3 Å². The van der Waals surface area contributed by atoms with Crippen molar-refractivity contribution in [3.05, 3.63) is 35.9 Å². The molecule has 9 nitrogen and oxygen atoms in total. The summed E-state index contributed by atoms with van der Waals surface area (Å²) in [6, 6.07) is 3.86. The number of imidazole rings is 1. The van der Waals surface area contributed by atoms with E-state index < -0.39 is 5.97 Å². The van der Waals surface area contributed by atoms with E-state index in [1.54, 1.807) is 22.6 Å². The minimum atomic E-state index is -1.01. The monoisotopic (exact) mass is 398 g/mol. The van der Waals surface area contributed by atoms with Crippen LogP contribution in [0.5, 0.6) is 0 Å². The fourth-order valence-electron chi connectivity index (χ4n) is 4.33. The van der Waals surface area contributed by atoms with Crippen molar-refractivity contribution >= 4 is 39.4 Å². The standard InChI is InChI=1S/C18H18N6O3S/c25-14(8-23-9-20-13-2-1-5-19-16(13)23)24-11-3-4-12(24)7-22(6-11)17-15(18(26)27)21-10-28-17/h1-2,5,9-12H,3-4,6-8H2,(H,26,27)/t11-,12+. The molecule has 28 heavy (non-hydrogen) atoms. The number of aromatic carboxylic acids is 1. The molecule has 0 radical (unpaired) electrons. The zero-order chi connectivity index (χ0) is 19.3. The molecule has 2 aliphatic heterocycles. The molecule has 2 saturated heterocycles. The van der Waals surface area contributed by atoms with Crippen LogP contribution in [-0.4, -0.2) is 66.6 Å². The highest BCUT2D eigenvalue weighted by molar-refractivity contribution is 7.14. The van der Waals surface area contributed by atoms with Gasteiger partial charge in [0.05, 0.1) is 11.8 Å². The first-order chi connectivity index (χ1) is 13.6. The van der Waals surface area contributed by atoms with Crippen LogP contribution in [0.1, 0.15) is 23.3 Å². The Bertz CT molecular complexity index is 1050. The number of amides is 1. The fourth-order valence-corrected chi connectivity index (χ4v) is 5.13. The molecule has 0 aromatic carbocycles. The highest BCUT2D eigenvalue weighted by Gasteiger charge is 2.43. The minimum absolute atomic E-state index is 0.0554. The number of carbonyl (C=O) groups excluding carboxylic acids is 1. The van der Waals surface area contributed by atoms with Gasteiger partial charge in [-0.1, -0.05) is 0 Å². The van der Waals surface area contributed by atoms with Gasteiger partial charge in [-0.3, -0.25) is 4.79 Å². The molecule has 144 valence electrons. The molecular weight excluding hydrogens is 380 g/mol. The number of thiazole rings is 1. The average molecular weight is 398 g/mol. The number of carboxylic acids is 1. The number of aromatic nitrogens is 4. The molecule has 2 aliphatic rings. The molecule has 0 spiro atoms. The van der Waals surface area contributed by atoms with Gasteiger partial charge < -0.3 is 19.5 Å². The van der Waals surface area contributed by atoms with E-state index in [0.29, 0.717) is 23.7 Å². The second-order valence-corrected chi connectivity index (χ2v) is 7.95. The SMILES string of the molecule is O=C(O)c1ncsc1N1C[C@H]2CC[C@@H](C1)N2C(=O)Cn1cnc2cccnc21. The lowest BCUT2D eigenvalue weighted by Crippen LogP contribution is -2.56. The molecule has 0 aliphatic carbocycles. The first-order valence-corrected chi connectivity index (χ1v) is 9.98. The number of anilines is 1. The maximum atomic E-state index is 13.1. The van der Waals surface area contributed by atoms with Gasteiger partial charge in [-0.05, 0) is 25.0 Å². The predicted octanol–water partition coefficient (Wildman–Crippen LogP) is 1.47. The maximum absolute atomic E-state index is 13.1. The summed E-state index contributed by atoms with van der Waals surface area (Å²) in [6.45, 7) is 1.47. The Balaban J connectivity index is 1.34. The highest BCUT2D eigenvalue weighted by Crippen LogP contribution is 2.35. The number of rotatable bonds is 4. The molecule has 5 heterocycles. The van der Waals surface area contributed by atoms with Crippen molar-refractivity contribution in [3.63, 3.8) is 0 Å². The largest absolute Gasteiger partial charge is 0.476 e. The van der Waals surface area contributed by atoms with Crippen molar-refractivity contribution < 1.29 is 14.7 Å². The first-order valence-electron chi connectivity index (χ1n) is 9.10. The number of carbonyl (C=O) groups is 2. The molecule has 5 rings (SSSR count). The quantitative estimate of drug-likeness (QED) is 0.709. The van der Waals surface area contributed by atoms with Crippen LogP contribution in [0.15, 0.2) is 30.2 Å². The Labute approximate surface area is 164 Å². The molecule has 2 bridgehead atoms.